The van der Waals surface area contributed by atoms with Crippen LogP contribution in [0.2, 0.25) is 0 Å². The zero-order chi connectivity index (χ0) is 15.9. The molecule has 6 nitrogen and oxygen atoms in total. The Hall–Kier alpha value is -1.92. The van der Waals surface area contributed by atoms with E-state index in [9.17, 15) is 9.59 Å². The molecule has 0 unspecified atom stereocenters. The van der Waals surface area contributed by atoms with Crippen molar-refractivity contribution >= 4 is 11.9 Å². The third-order valence-corrected chi connectivity index (χ3v) is 3.54. The highest BCUT2D eigenvalue weighted by Gasteiger charge is 2.36. The van der Waals surface area contributed by atoms with E-state index in [0.29, 0.717) is 19.3 Å². The largest absolute Gasteiger partial charge is 0.480 e. The van der Waals surface area contributed by atoms with Gasteiger partial charge in [-0.1, -0.05) is 43.2 Å². The molecule has 21 heavy (non-hydrogen) atoms. The summed E-state index contributed by atoms with van der Waals surface area (Å²) in [5, 5.41) is 17.1. The Kier molecular flexibility index (Phi) is 6.33. The summed E-state index contributed by atoms with van der Waals surface area (Å²) < 4.78 is 0. The third-order valence-electron chi connectivity index (χ3n) is 3.54. The van der Waals surface area contributed by atoms with Gasteiger partial charge in [-0.05, 0) is 24.8 Å². The van der Waals surface area contributed by atoms with Crippen LogP contribution in [0.3, 0.4) is 0 Å². The summed E-state index contributed by atoms with van der Waals surface area (Å²) in [5.74, 6) is -1.81. The number of carboxylic acids is 2. The number of aliphatic carboxylic acids is 2. The molecular weight excluding hydrogens is 272 g/mol. The maximum atomic E-state index is 10.4. The Morgan fingerprint density at radius 3 is 2.05 bits per heavy atom. The summed E-state index contributed by atoms with van der Waals surface area (Å²) in [6.45, 7) is 0. The molecule has 1 aromatic carbocycles. The van der Waals surface area contributed by atoms with E-state index in [4.69, 9.17) is 21.7 Å². The van der Waals surface area contributed by atoms with Crippen molar-refractivity contribution in [2.75, 3.05) is 0 Å². The molecule has 0 bridgehead atoms. The average Bonchev–Trinajstić information content (AvgIpc) is 2.89. The molecular formula is C15H22N2O4. The van der Waals surface area contributed by atoms with E-state index >= 15 is 0 Å². The number of rotatable bonds is 4. The van der Waals surface area contributed by atoms with E-state index in [0.717, 1.165) is 18.4 Å². The fourth-order valence-electron chi connectivity index (χ4n) is 2.18. The monoisotopic (exact) mass is 294 g/mol. The van der Waals surface area contributed by atoms with E-state index in [1.54, 1.807) is 0 Å². The second kappa shape index (κ2) is 7.75. The number of hydrogen-bond acceptors (Lipinski definition) is 4. The van der Waals surface area contributed by atoms with Crippen LogP contribution in [0.1, 0.15) is 31.2 Å². The quantitative estimate of drug-likeness (QED) is 0.655. The van der Waals surface area contributed by atoms with Gasteiger partial charge in [0.25, 0.3) is 0 Å². The number of carboxylic acid groups (broad SMARTS) is 2. The lowest BCUT2D eigenvalue weighted by molar-refractivity contribution is -0.143. The summed E-state index contributed by atoms with van der Waals surface area (Å²) >= 11 is 0. The van der Waals surface area contributed by atoms with Crippen LogP contribution in [-0.2, 0) is 16.0 Å². The molecule has 0 heterocycles. The van der Waals surface area contributed by atoms with Crippen LogP contribution in [0.15, 0.2) is 30.3 Å². The lowest BCUT2D eigenvalue weighted by atomic mass is 10.0. The highest BCUT2D eigenvalue weighted by Crippen LogP contribution is 2.26. The zero-order valence-corrected chi connectivity index (χ0v) is 11.9. The maximum Gasteiger partial charge on any atom is 0.323 e. The van der Waals surface area contributed by atoms with Crippen molar-refractivity contribution in [3.63, 3.8) is 0 Å². The van der Waals surface area contributed by atoms with Crippen LogP contribution in [0.25, 0.3) is 0 Å². The number of carbonyl (C=O) groups is 2. The van der Waals surface area contributed by atoms with Gasteiger partial charge in [0, 0.05) is 0 Å². The topological polar surface area (TPSA) is 127 Å². The van der Waals surface area contributed by atoms with E-state index in [1.165, 1.54) is 0 Å². The van der Waals surface area contributed by atoms with E-state index < -0.39 is 23.5 Å². The molecule has 0 radical (unpaired) electrons. The SMILES string of the molecule is NC1(C(=O)O)CCCC1.N[C@@H](Cc1ccccc1)C(=O)O. The lowest BCUT2D eigenvalue weighted by Crippen LogP contribution is -2.44. The summed E-state index contributed by atoms with van der Waals surface area (Å²) in [5.41, 5.74) is 10.9. The summed E-state index contributed by atoms with van der Waals surface area (Å²) in [7, 11) is 0. The van der Waals surface area contributed by atoms with Gasteiger partial charge in [0.1, 0.15) is 11.6 Å². The van der Waals surface area contributed by atoms with Gasteiger partial charge in [-0.3, -0.25) is 9.59 Å². The van der Waals surface area contributed by atoms with Crippen molar-refractivity contribution in [2.24, 2.45) is 11.5 Å². The Labute approximate surface area is 123 Å². The van der Waals surface area contributed by atoms with Gasteiger partial charge in [0.2, 0.25) is 0 Å². The maximum absolute atomic E-state index is 10.4. The molecule has 6 heteroatoms. The predicted molar refractivity (Wildman–Crippen MR) is 78.8 cm³/mol. The first-order valence-electron chi connectivity index (χ1n) is 6.90. The van der Waals surface area contributed by atoms with Crippen molar-refractivity contribution in [3.8, 4) is 0 Å². The van der Waals surface area contributed by atoms with Gasteiger partial charge in [0.15, 0.2) is 0 Å². The number of benzene rings is 1. The fraction of sp³-hybridized carbons (Fsp3) is 0.467. The normalized spacial score (nSPS) is 17.4. The molecule has 1 saturated carbocycles. The van der Waals surface area contributed by atoms with Crippen LogP contribution < -0.4 is 11.5 Å². The molecule has 1 aliphatic carbocycles. The smallest absolute Gasteiger partial charge is 0.323 e. The molecule has 1 atom stereocenters. The Bertz CT molecular complexity index is 470. The van der Waals surface area contributed by atoms with Gasteiger partial charge in [-0.25, -0.2) is 0 Å². The highest BCUT2D eigenvalue weighted by atomic mass is 16.4. The summed E-state index contributed by atoms with van der Waals surface area (Å²) in [6.07, 6.45) is 3.59. The standard InChI is InChI=1S/C9H11NO2.C6H11NO2/c10-8(9(11)12)6-7-4-2-1-3-5-7;7-6(5(8)9)3-1-2-4-6/h1-5,8H,6,10H2,(H,11,12);1-4,7H2,(H,8,9)/t8-;/m0./s1. The zero-order valence-electron chi connectivity index (χ0n) is 11.9. The second-order valence-electron chi connectivity index (χ2n) is 5.30. The minimum atomic E-state index is -0.959. The third kappa shape index (κ3) is 5.53. The van der Waals surface area contributed by atoms with Crippen molar-refractivity contribution in [2.45, 2.75) is 43.7 Å². The molecule has 0 saturated heterocycles. The predicted octanol–water partition coefficient (Wildman–Crippen LogP) is 0.983. The molecule has 6 N–H and O–H groups in total. The summed E-state index contributed by atoms with van der Waals surface area (Å²) in [4.78, 5) is 20.8. The molecule has 2 rings (SSSR count). The van der Waals surface area contributed by atoms with Crippen molar-refractivity contribution in [1.82, 2.24) is 0 Å². The van der Waals surface area contributed by atoms with Gasteiger partial charge in [-0.15, -0.1) is 0 Å². The minimum absolute atomic E-state index is 0.385. The lowest BCUT2D eigenvalue weighted by Gasteiger charge is -2.15. The van der Waals surface area contributed by atoms with E-state index in [-0.39, 0.29) is 0 Å². The van der Waals surface area contributed by atoms with Crippen LogP contribution >= 0.6 is 0 Å². The second-order valence-corrected chi connectivity index (χ2v) is 5.30. The molecule has 1 aromatic rings. The van der Waals surface area contributed by atoms with Crippen LogP contribution in [0.5, 0.6) is 0 Å². The van der Waals surface area contributed by atoms with Crippen molar-refractivity contribution in [3.05, 3.63) is 35.9 Å². The van der Waals surface area contributed by atoms with Crippen molar-refractivity contribution < 1.29 is 19.8 Å². The first kappa shape index (κ1) is 17.1. The van der Waals surface area contributed by atoms with Gasteiger partial charge in [-0.2, -0.15) is 0 Å². The molecule has 0 amide bonds. The molecule has 0 aromatic heterocycles. The molecule has 116 valence electrons. The van der Waals surface area contributed by atoms with Crippen LogP contribution in [0.4, 0.5) is 0 Å². The molecule has 0 spiro atoms. The average molecular weight is 294 g/mol. The van der Waals surface area contributed by atoms with Crippen LogP contribution in [0, 0.1) is 0 Å². The number of hydrogen-bond donors (Lipinski definition) is 4. The van der Waals surface area contributed by atoms with Gasteiger partial charge in [0.05, 0.1) is 0 Å². The van der Waals surface area contributed by atoms with Gasteiger partial charge < -0.3 is 21.7 Å². The summed E-state index contributed by atoms with van der Waals surface area (Å²) in [6, 6.07) is 8.54. The molecule has 1 aliphatic rings. The van der Waals surface area contributed by atoms with E-state index in [2.05, 4.69) is 0 Å². The molecule has 1 fully saturated rings. The first-order valence-corrected chi connectivity index (χ1v) is 6.90. The molecule has 0 aliphatic heterocycles. The van der Waals surface area contributed by atoms with Crippen LogP contribution in [-0.4, -0.2) is 33.7 Å². The number of nitrogens with two attached hydrogens (primary N) is 2. The van der Waals surface area contributed by atoms with Gasteiger partial charge >= 0.3 is 11.9 Å². The van der Waals surface area contributed by atoms with E-state index in [1.807, 2.05) is 30.3 Å². The highest BCUT2D eigenvalue weighted by molar-refractivity contribution is 5.78. The van der Waals surface area contributed by atoms with Crippen molar-refractivity contribution in [1.29, 1.82) is 0 Å². The Morgan fingerprint density at radius 2 is 1.67 bits per heavy atom. The Morgan fingerprint density at radius 1 is 1.14 bits per heavy atom. The first-order chi connectivity index (χ1) is 9.85. The fourth-order valence-corrected chi connectivity index (χ4v) is 2.18. The minimum Gasteiger partial charge on any atom is -0.480 e. The Balaban J connectivity index is 0.000000219.